The maximum atomic E-state index is 5.57. The van der Waals surface area contributed by atoms with E-state index in [1.807, 2.05) is 6.07 Å². The molecule has 5 heteroatoms. The molecule has 1 heterocycles. The molecule has 0 saturated carbocycles. The molecule has 0 unspecified atom stereocenters. The van der Waals surface area contributed by atoms with E-state index in [0.717, 1.165) is 0 Å². The minimum atomic E-state index is 0.255. The predicted molar refractivity (Wildman–Crippen MR) is 52.3 cm³/mol. The van der Waals surface area contributed by atoms with Crippen molar-refractivity contribution in [1.82, 2.24) is 4.98 Å². The number of hydrogen-bond donors (Lipinski definition) is 2. The van der Waals surface area contributed by atoms with E-state index < -0.39 is 0 Å². The molecule has 13 heavy (non-hydrogen) atoms. The molecule has 0 radical (unpaired) electrons. The van der Waals surface area contributed by atoms with Gasteiger partial charge in [-0.1, -0.05) is 6.07 Å². The maximum Gasteiger partial charge on any atom is 0.172 e. The van der Waals surface area contributed by atoms with Crippen LogP contribution in [0, 0.1) is 0 Å². The van der Waals surface area contributed by atoms with Crippen LogP contribution >= 0.6 is 0 Å². The molecule has 0 amide bonds. The first-order chi connectivity index (χ1) is 6.20. The number of pyridine rings is 1. The summed E-state index contributed by atoms with van der Waals surface area (Å²) >= 11 is 0. The highest BCUT2D eigenvalue weighted by atomic mass is 15.3. The van der Waals surface area contributed by atoms with Crippen LogP contribution < -0.4 is 11.5 Å². The van der Waals surface area contributed by atoms with Crippen LogP contribution in [0.1, 0.15) is 12.6 Å². The van der Waals surface area contributed by atoms with Gasteiger partial charge in [-0.2, -0.15) is 0 Å². The molecule has 4 N–H and O–H groups in total. The van der Waals surface area contributed by atoms with Gasteiger partial charge in [-0.3, -0.25) is 4.98 Å². The molecule has 1 rings (SSSR count). The van der Waals surface area contributed by atoms with Crippen LogP contribution in [-0.4, -0.2) is 16.7 Å². The molecule has 5 nitrogen and oxygen atoms in total. The SMILES string of the molecule is C/C(N)=N/N=C(\N)c1ccccn1. The minimum absolute atomic E-state index is 0.255. The lowest BCUT2D eigenvalue weighted by Gasteiger charge is -1.95. The van der Waals surface area contributed by atoms with Crippen molar-refractivity contribution in [1.29, 1.82) is 0 Å². The fourth-order valence-electron chi connectivity index (χ4n) is 0.698. The molecule has 68 valence electrons. The number of aromatic nitrogens is 1. The van der Waals surface area contributed by atoms with E-state index in [9.17, 15) is 0 Å². The summed E-state index contributed by atoms with van der Waals surface area (Å²) in [5, 5.41) is 7.31. The molecular formula is C8H11N5. The van der Waals surface area contributed by atoms with Crippen molar-refractivity contribution in [3.05, 3.63) is 30.1 Å². The van der Waals surface area contributed by atoms with Crippen LogP contribution in [-0.2, 0) is 0 Å². The predicted octanol–water partition coefficient (Wildman–Crippen LogP) is 0.0790. The van der Waals surface area contributed by atoms with Gasteiger partial charge in [0.15, 0.2) is 5.84 Å². The quantitative estimate of drug-likeness (QED) is 0.381. The molecule has 0 spiro atoms. The van der Waals surface area contributed by atoms with Gasteiger partial charge in [-0.25, -0.2) is 0 Å². The third kappa shape index (κ3) is 2.90. The first kappa shape index (κ1) is 9.18. The highest BCUT2D eigenvalue weighted by molar-refractivity contribution is 5.95. The third-order valence-electron chi connectivity index (χ3n) is 1.24. The summed E-state index contributed by atoms with van der Waals surface area (Å²) in [7, 11) is 0. The highest BCUT2D eigenvalue weighted by Crippen LogP contribution is 1.92. The Morgan fingerprint density at radius 2 is 2.08 bits per heavy atom. The summed E-state index contributed by atoms with van der Waals surface area (Å²) in [5.41, 5.74) is 11.4. The zero-order valence-corrected chi connectivity index (χ0v) is 7.31. The van der Waals surface area contributed by atoms with Gasteiger partial charge in [0.1, 0.15) is 11.5 Å². The lowest BCUT2D eigenvalue weighted by atomic mass is 10.3. The topological polar surface area (TPSA) is 89.6 Å². The van der Waals surface area contributed by atoms with Crippen molar-refractivity contribution in [2.45, 2.75) is 6.92 Å². The van der Waals surface area contributed by atoms with Crippen LogP contribution in [0.5, 0.6) is 0 Å². The Hall–Kier alpha value is -1.91. The summed E-state index contributed by atoms with van der Waals surface area (Å²) in [5.74, 6) is 0.615. The maximum absolute atomic E-state index is 5.57. The third-order valence-corrected chi connectivity index (χ3v) is 1.24. The smallest absolute Gasteiger partial charge is 0.172 e. The number of amidine groups is 2. The molecule has 0 atom stereocenters. The van der Waals surface area contributed by atoms with Crippen LogP contribution in [0.4, 0.5) is 0 Å². The van der Waals surface area contributed by atoms with Crippen LogP contribution in [0.15, 0.2) is 34.6 Å². The lowest BCUT2D eigenvalue weighted by Crippen LogP contribution is -2.15. The van der Waals surface area contributed by atoms with E-state index >= 15 is 0 Å². The Bertz CT molecular complexity index is 324. The van der Waals surface area contributed by atoms with Gasteiger partial charge >= 0.3 is 0 Å². The normalized spacial score (nSPS) is 13.0. The second kappa shape index (κ2) is 4.20. The van der Waals surface area contributed by atoms with Crippen LogP contribution in [0.2, 0.25) is 0 Å². The van der Waals surface area contributed by atoms with E-state index in [4.69, 9.17) is 11.5 Å². The summed E-state index contributed by atoms with van der Waals surface area (Å²) in [6.45, 7) is 1.63. The standard InChI is InChI=1S/C8H11N5/c1-6(9)12-13-8(10)7-4-2-3-5-11-7/h2-5H,1H3,(H2,9,12)(H2,10,13). The fourth-order valence-corrected chi connectivity index (χ4v) is 0.698. The van der Waals surface area contributed by atoms with Crippen LogP contribution in [0.25, 0.3) is 0 Å². The minimum Gasteiger partial charge on any atom is -0.386 e. The molecule has 0 saturated heterocycles. The number of hydrogen-bond acceptors (Lipinski definition) is 3. The Balaban J connectivity index is 2.86. The molecule has 0 aliphatic carbocycles. The Kier molecular flexibility index (Phi) is 2.97. The van der Waals surface area contributed by atoms with Crippen molar-refractivity contribution < 1.29 is 0 Å². The Labute approximate surface area is 76.2 Å². The van der Waals surface area contributed by atoms with Gasteiger partial charge in [0.05, 0.1) is 0 Å². The molecule has 0 aromatic carbocycles. The molecule has 0 aliphatic heterocycles. The summed E-state index contributed by atoms with van der Waals surface area (Å²) in [6, 6.07) is 5.37. The van der Waals surface area contributed by atoms with Crippen molar-refractivity contribution in [2.24, 2.45) is 21.7 Å². The van der Waals surface area contributed by atoms with Gasteiger partial charge in [0, 0.05) is 6.20 Å². The van der Waals surface area contributed by atoms with Gasteiger partial charge in [-0.05, 0) is 19.1 Å². The summed E-state index contributed by atoms with van der Waals surface area (Å²) in [6.07, 6.45) is 1.64. The molecule has 0 bridgehead atoms. The molecule has 0 fully saturated rings. The van der Waals surface area contributed by atoms with Crippen molar-refractivity contribution in [2.75, 3.05) is 0 Å². The fraction of sp³-hybridized carbons (Fsp3) is 0.125. The molecule has 1 aromatic rings. The van der Waals surface area contributed by atoms with Crippen molar-refractivity contribution in [3.8, 4) is 0 Å². The summed E-state index contributed by atoms with van der Waals surface area (Å²) in [4.78, 5) is 3.99. The van der Waals surface area contributed by atoms with Gasteiger partial charge in [0.25, 0.3) is 0 Å². The van der Waals surface area contributed by atoms with Gasteiger partial charge in [-0.15, -0.1) is 10.2 Å². The second-order valence-corrected chi connectivity index (χ2v) is 2.44. The summed E-state index contributed by atoms with van der Waals surface area (Å²) < 4.78 is 0. The average Bonchev–Trinajstić information content (AvgIpc) is 2.15. The van der Waals surface area contributed by atoms with E-state index in [1.54, 1.807) is 25.3 Å². The van der Waals surface area contributed by atoms with Crippen molar-refractivity contribution in [3.63, 3.8) is 0 Å². The zero-order chi connectivity index (χ0) is 9.68. The second-order valence-electron chi connectivity index (χ2n) is 2.44. The number of nitrogens with zero attached hydrogens (tertiary/aromatic N) is 3. The van der Waals surface area contributed by atoms with E-state index in [0.29, 0.717) is 11.5 Å². The highest BCUT2D eigenvalue weighted by Gasteiger charge is 1.96. The van der Waals surface area contributed by atoms with Gasteiger partial charge in [0.2, 0.25) is 0 Å². The van der Waals surface area contributed by atoms with Crippen molar-refractivity contribution >= 4 is 11.7 Å². The lowest BCUT2D eigenvalue weighted by molar-refractivity contribution is 1.17. The molecular weight excluding hydrogens is 166 g/mol. The molecule has 1 aromatic heterocycles. The van der Waals surface area contributed by atoms with E-state index in [2.05, 4.69) is 15.2 Å². The largest absolute Gasteiger partial charge is 0.386 e. The van der Waals surface area contributed by atoms with Gasteiger partial charge < -0.3 is 11.5 Å². The number of nitrogens with two attached hydrogens (primary N) is 2. The first-order valence-corrected chi connectivity index (χ1v) is 3.75. The number of rotatable bonds is 2. The first-order valence-electron chi connectivity index (χ1n) is 3.75. The van der Waals surface area contributed by atoms with Crippen LogP contribution in [0.3, 0.4) is 0 Å². The zero-order valence-electron chi connectivity index (χ0n) is 7.31. The Morgan fingerprint density at radius 3 is 2.62 bits per heavy atom. The Morgan fingerprint density at radius 1 is 1.31 bits per heavy atom. The monoisotopic (exact) mass is 177 g/mol. The molecule has 0 aliphatic rings. The van der Waals surface area contributed by atoms with E-state index in [-0.39, 0.29) is 5.84 Å². The average molecular weight is 177 g/mol. The van der Waals surface area contributed by atoms with E-state index in [1.165, 1.54) is 0 Å².